The van der Waals surface area contributed by atoms with Crippen molar-refractivity contribution >= 4 is 0 Å². The molecule has 0 aliphatic heterocycles. The maximum absolute atomic E-state index is 13.0. The fourth-order valence-corrected chi connectivity index (χ4v) is 2.26. The molecule has 0 bridgehead atoms. The first-order valence-electron chi connectivity index (χ1n) is 6.81. The van der Waals surface area contributed by atoms with Gasteiger partial charge in [-0.05, 0) is 36.4 Å². The van der Waals surface area contributed by atoms with Gasteiger partial charge in [-0.1, -0.05) is 12.1 Å². The van der Waals surface area contributed by atoms with Gasteiger partial charge in [0.25, 0.3) is 0 Å². The van der Waals surface area contributed by atoms with Gasteiger partial charge in [0, 0.05) is 17.3 Å². The second-order valence-corrected chi connectivity index (χ2v) is 4.81. The third kappa shape index (κ3) is 2.71. The molecule has 3 rings (SSSR count). The van der Waals surface area contributed by atoms with Gasteiger partial charge in [0.1, 0.15) is 11.6 Å². The maximum atomic E-state index is 13.0. The van der Waals surface area contributed by atoms with Crippen LogP contribution in [-0.2, 0) is 6.61 Å². The molecule has 0 radical (unpaired) electrons. The lowest BCUT2D eigenvalue weighted by molar-refractivity contribution is 0.282. The molecule has 22 heavy (non-hydrogen) atoms. The maximum Gasteiger partial charge on any atom is 0.123 e. The van der Waals surface area contributed by atoms with Crippen LogP contribution in [0.1, 0.15) is 5.56 Å². The highest BCUT2D eigenvalue weighted by Crippen LogP contribution is 2.26. The lowest BCUT2D eigenvalue weighted by atomic mass is 10.1. The zero-order valence-corrected chi connectivity index (χ0v) is 12.0. The molecule has 0 spiro atoms. The van der Waals surface area contributed by atoms with Crippen LogP contribution in [0.3, 0.4) is 0 Å². The first-order valence-corrected chi connectivity index (χ1v) is 6.81. The van der Waals surface area contributed by atoms with Crippen molar-refractivity contribution in [2.45, 2.75) is 6.61 Å². The van der Waals surface area contributed by atoms with Gasteiger partial charge in [-0.25, -0.2) is 9.07 Å². The number of ether oxygens (including phenoxy) is 1. The molecule has 1 aromatic heterocycles. The van der Waals surface area contributed by atoms with Gasteiger partial charge in [0.15, 0.2) is 0 Å². The molecule has 0 saturated heterocycles. The zero-order valence-electron chi connectivity index (χ0n) is 12.0. The predicted molar refractivity (Wildman–Crippen MR) is 81.4 cm³/mol. The topological polar surface area (TPSA) is 47.3 Å². The molecule has 0 atom stereocenters. The Kier molecular flexibility index (Phi) is 3.89. The van der Waals surface area contributed by atoms with Crippen molar-refractivity contribution in [3.63, 3.8) is 0 Å². The Morgan fingerprint density at radius 3 is 2.64 bits per heavy atom. The van der Waals surface area contributed by atoms with E-state index in [2.05, 4.69) is 5.10 Å². The van der Waals surface area contributed by atoms with Gasteiger partial charge >= 0.3 is 0 Å². The molecular weight excluding hydrogens is 283 g/mol. The standard InChI is InChI=1S/C17H15FN2O2/c1-22-16-4-2-3-12(9-16)17-13(11-21)10-20(19-17)15-7-5-14(18)6-8-15/h2-10,21H,11H2,1H3. The Morgan fingerprint density at radius 1 is 1.18 bits per heavy atom. The van der Waals surface area contributed by atoms with Gasteiger partial charge in [0.2, 0.25) is 0 Å². The molecule has 5 heteroatoms. The highest BCUT2D eigenvalue weighted by molar-refractivity contribution is 5.64. The third-order valence-corrected chi connectivity index (χ3v) is 3.39. The van der Waals surface area contributed by atoms with E-state index in [0.717, 1.165) is 17.0 Å². The zero-order chi connectivity index (χ0) is 15.5. The van der Waals surface area contributed by atoms with Gasteiger partial charge in [0.05, 0.1) is 25.1 Å². The van der Waals surface area contributed by atoms with E-state index < -0.39 is 0 Å². The van der Waals surface area contributed by atoms with E-state index in [-0.39, 0.29) is 12.4 Å². The van der Waals surface area contributed by atoms with Crippen molar-refractivity contribution in [1.82, 2.24) is 9.78 Å². The van der Waals surface area contributed by atoms with Crippen LogP contribution in [0.25, 0.3) is 16.9 Å². The van der Waals surface area contributed by atoms with Crippen molar-refractivity contribution in [2.24, 2.45) is 0 Å². The molecular formula is C17H15FN2O2. The molecule has 3 aromatic rings. The van der Waals surface area contributed by atoms with Crippen LogP contribution < -0.4 is 4.74 Å². The Balaban J connectivity index is 2.06. The number of halogens is 1. The Labute approximate surface area is 127 Å². The predicted octanol–water partition coefficient (Wildman–Crippen LogP) is 3.18. The molecule has 112 valence electrons. The summed E-state index contributed by atoms with van der Waals surface area (Å²) >= 11 is 0. The summed E-state index contributed by atoms with van der Waals surface area (Å²) in [5.74, 6) is 0.420. The molecule has 1 heterocycles. The number of aliphatic hydroxyl groups is 1. The molecule has 0 saturated carbocycles. The average molecular weight is 298 g/mol. The highest BCUT2D eigenvalue weighted by atomic mass is 19.1. The summed E-state index contributed by atoms with van der Waals surface area (Å²) in [7, 11) is 1.60. The molecule has 2 aromatic carbocycles. The number of methoxy groups -OCH3 is 1. The molecule has 0 unspecified atom stereocenters. The van der Waals surface area contributed by atoms with Crippen LogP contribution in [-0.4, -0.2) is 22.0 Å². The van der Waals surface area contributed by atoms with Crippen LogP contribution in [0, 0.1) is 5.82 Å². The fourth-order valence-electron chi connectivity index (χ4n) is 2.26. The number of nitrogens with zero attached hydrogens (tertiary/aromatic N) is 2. The summed E-state index contributed by atoms with van der Waals surface area (Å²) < 4.78 is 19.9. The number of aliphatic hydroxyl groups excluding tert-OH is 1. The first-order chi connectivity index (χ1) is 10.7. The Hall–Kier alpha value is -2.66. The van der Waals surface area contributed by atoms with E-state index in [9.17, 15) is 9.50 Å². The Bertz CT molecular complexity index is 782. The number of rotatable bonds is 4. The second-order valence-electron chi connectivity index (χ2n) is 4.81. The second kappa shape index (κ2) is 5.99. The monoisotopic (exact) mass is 298 g/mol. The van der Waals surface area contributed by atoms with E-state index in [1.54, 1.807) is 30.1 Å². The van der Waals surface area contributed by atoms with Gasteiger partial charge in [-0.15, -0.1) is 0 Å². The number of benzene rings is 2. The van der Waals surface area contributed by atoms with Crippen LogP contribution in [0.5, 0.6) is 5.75 Å². The lowest BCUT2D eigenvalue weighted by Gasteiger charge is -2.03. The van der Waals surface area contributed by atoms with Gasteiger partial charge in [-0.3, -0.25) is 0 Å². The molecule has 0 fully saturated rings. The third-order valence-electron chi connectivity index (χ3n) is 3.39. The van der Waals surface area contributed by atoms with Crippen molar-refractivity contribution in [1.29, 1.82) is 0 Å². The minimum Gasteiger partial charge on any atom is -0.497 e. The summed E-state index contributed by atoms with van der Waals surface area (Å²) in [6, 6.07) is 13.5. The van der Waals surface area contributed by atoms with E-state index in [1.807, 2.05) is 24.3 Å². The van der Waals surface area contributed by atoms with E-state index in [0.29, 0.717) is 11.3 Å². The van der Waals surface area contributed by atoms with E-state index in [1.165, 1.54) is 12.1 Å². The normalized spacial score (nSPS) is 10.7. The molecule has 0 amide bonds. The first kappa shape index (κ1) is 14.3. The quantitative estimate of drug-likeness (QED) is 0.804. The SMILES string of the molecule is COc1cccc(-c2nn(-c3ccc(F)cc3)cc2CO)c1. The lowest BCUT2D eigenvalue weighted by Crippen LogP contribution is -1.95. The summed E-state index contributed by atoms with van der Waals surface area (Å²) in [6.45, 7) is -0.131. The van der Waals surface area contributed by atoms with Crippen LogP contribution >= 0.6 is 0 Å². The van der Waals surface area contributed by atoms with E-state index >= 15 is 0 Å². The van der Waals surface area contributed by atoms with Crippen LogP contribution in [0.2, 0.25) is 0 Å². The van der Waals surface area contributed by atoms with Crippen LogP contribution in [0.4, 0.5) is 4.39 Å². The number of hydrogen-bond donors (Lipinski definition) is 1. The van der Waals surface area contributed by atoms with Crippen molar-refractivity contribution in [3.8, 4) is 22.7 Å². The van der Waals surface area contributed by atoms with Crippen molar-refractivity contribution in [3.05, 3.63) is 66.1 Å². The minimum atomic E-state index is -0.300. The summed E-state index contributed by atoms with van der Waals surface area (Å²) in [4.78, 5) is 0. The number of hydrogen-bond acceptors (Lipinski definition) is 3. The smallest absolute Gasteiger partial charge is 0.123 e. The van der Waals surface area contributed by atoms with Crippen molar-refractivity contribution in [2.75, 3.05) is 7.11 Å². The van der Waals surface area contributed by atoms with Crippen LogP contribution in [0.15, 0.2) is 54.7 Å². The summed E-state index contributed by atoms with van der Waals surface area (Å²) in [5, 5.41) is 14.1. The number of aromatic nitrogens is 2. The molecule has 0 aliphatic rings. The fraction of sp³-hybridized carbons (Fsp3) is 0.118. The summed E-state index contributed by atoms with van der Waals surface area (Å²) in [6.07, 6.45) is 1.74. The molecule has 4 nitrogen and oxygen atoms in total. The van der Waals surface area contributed by atoms with Gasteiger partial charge < -0.3 is 9.84 Å². The molecule has 0 aliphatic carbocycles. The highest BCUT2D eigenvalue weighted by Gasteiger charge is 2.12. The van der Waals surface area contributed by atoms with Gasteiger partial charge in [-0.2, -0.15) is 5.10 Å². The minimum absolute atomic E-state index is 0.131. The average Bonchev–Trinajstić information content (AvgIpc) is 3.00. The summed E-state index contributed by atoms with van der Waals surface area (Å²) in [5.41, 5.74) is 2.94. The van der Waals surface area contributed by atoms with E-state index in [4.69, 9.17) is 4.74 Å². The van der Waals surface area contributed by atoms with Crippen molar-refractivity contribution < 1.29 is 14.2 Å². The molecule has 1 N–H and O–H groups in total. The Morgan fingerprint density at radius 2 is 1.95 bits per heavy atom. The largest absolute Gasteiger partial charge is 0.497 e.